The molecule has 7 aromatic carbocycles. The normalized spacial score (nSPS) is 11.6. The Morgan fingerprint density at radius 1 is 0.304 bits per heavy atom. The van der Waals surface area contributed by atoms with Crippen LogP contribution in [0.4, 0.5) is 0 Å². The van der Waals surface area contributed by atoms with Crippen LogP contribution in [0.25, 0.3) is 99.8 Å². The Balaban J connectivity index is 1.11. The quantitative estimate of drug-likeness (QED) is 0.172. The predicted octanol–water partition coefficient (Wildman–Crippen LogP) is 12.7. The molecule has 0 bridgehead atoms. The SMILES string of the molecule is c1ccc(-c2ccc3c4ccc(-c5cc(-c6cncnc6)cc(-c6cccc(-n7c8ccccc8c8ccccc87)c6)n5)cc4n(-c4ccccc4)c3c2)cc1. The van der Waals surface area contributed by atoms with Crippen molar-refractivity contribution in [3.05, 3.63) is 201 Å². The summed E-state index contributed by atoms with van der Waals surface area (Å²) in [6, 6.07) is 65.0. The minimum atomic E-state index is 0.875. The topological polar surface area (TPSA) is 48.5 Å². The number of para-hydroxylation sites is 3. The number of benzene rings is 7. The second kappa shape index (κ2) is 13.0. The van der Waals surface area contributed by atoms with Gasteiger partial charge in [-0.1, -0.05) is 121 Å². The molecule has 0 amide bonds. The smallest absolute Gasteiger partial charge is 0.115 e. The summed E-state index contributed by atoms with van der Waals surface area (Å²) in [6.07, 6.45) is 5.30. The second-order valence-electron chi connectivity index (χ2n) is 14.2. The summed E-state index contributed by atoms with van der Waals surface area (Å²) in [7, 11) is 0. The Morgan fingerprint density at radius 3 is 1.48 bits per heavy atom. The number of aromatic nitrogens is 5. The van der Waals surface area contributed by atoms with Crippen molar-refractivity contribution in [2.24, 2.45) is 0 Å². The van der Waals surface area contributed by atoms with Crippen LogP contribution < -0.4 is 0 Å². The number of hydrogen-bond acceptors (Lipinski definition) is 3. The van der Waals surface area contributed by atoms with E-state index in [4.69, 9.17) is 4.98 Å². The number of rotatable bonds is 6. The summed E-state index contributed by atoms with van der Waals surface area (Å²) in [5.74, 6) is 0. The van der Waals surface area contributed by atoms with Crippen molar-refractivity contribution < 1.29 is 0 Å². The Labute approximate surface area is 323 Å². The first-order valence-electron chi connectivity index (χ1n) is 18.8. The van der Waals surface area contributed by atoms with Gasteiger partial charge in [-0.2, -0.15) is 0 Å². The molecule has 0 N–H and O–H groups in total. The minimum absolute atomic E-state index is 0.875. The van der Waals surface area contributed by atoms with Crippen molar-refractivity contribution in [2.45, 2.75) is 0 Å². The third kappa shape index (κ3) is 5.29. The zero-order chi connectivity index (χ0) is 37.0. The summed E-state index contributed by atoms with van der Waals surface area (Å²) in [5, 5.41) is 4.87. The average Bonchev–Trinajstić information content (AvgIpc) is 3.79. The lowest BCUT2D eigenvalue weighted by molar-refractivity contribution is 1.17. The van der Waals surface area contributed by atoms with Crippen molar-refractivity contribution in [3.63, 3.8) is 0 Å². The van der Waals surface area contributed by atoms with Gasteiger partial charge < -0.3 is 9.13 Å². The molecule has 0 saturated carbocycles. The third-order valence-corrected chi connectivity index (χ3v) is 10.9. The molecule has 0 fully saturated rings. The molecule has 0 aliphatic rings. The highest BCUT2D eigenvalue weighted by atomic mass is 15.0. The lowest BCUT2D eigenvalue weighted by atomic mass is 10.00. The number of hydrogen-bond donors (Lipinski definition) is 0. The van der Waals surface area contributed by atoms with Gasteiger partial charge in [-0.05, 0) is 77.4 Å². The fourth-order valence-corrected chi connectivity index (χ4v) is 8.29. The predicted molar refractivity (Wildman–Crippen MR) is 230 cm³/mol. The molecule has 5 nitrogen and oxygen atoms in total. The highest BCUT2D eigenvalue weighted by Crippen LogP contribution is 2.39. The maximum absolute atomic E-state index is 5.40. The molecular formula is C51H33N5. The summed E-state index contributed by atoms with van der Waals surface area (Å²) in [4.78, 5) is 14.1. The van der Waals surface area contributed by atoms with E-state index in [1.54, 1.807) is 6.33 Å². The Kier molecular flexibility index (Phi) is 7.42. The lowest BCUT2D eigenvalue weighted by Crippen LogP contribution is -1.96. The first kappa shape index (κ1) is 31.9. The highest BCUT2D eigenvalue weighted by Gasteiger charge is 2.17. The van der Waals surface area contributed by atoms with Crippen LogP contribution in [0.2, 0.25) is 0 Å². The molecule has 0 radical (unpaired) electrons. The van der Waals surface area contributed by atoms with Crippen molar-refractivity contribution in [1.29, 1.82) is 0 Å². The average molecular weight is 716 g/mol. The van der Waals surface area contributed by atoms with Gasteiger partial charge in [0.1, 0.15) is 6.33 Å². The molecule has 4 aromatic heterocycles. The molecule has 0 aliphatic heterocycles. The van der Waals surface area contributed by atoms with Gasteiger partial charge in [0.05, 0.1) is 33.5 Å². The molecule has 4 heterocycles. The van der Waals surface area contributed by atoms with Crippen LogP contribution in [0.15, 0.2) is 201 Å². The Hall–Kier alpha value is -7.63. The molecule has 262 valence electrons. The van der Waals surface area contributed by atoms with Gasteiger partial charge in [0.25, 0.3) is 0 Å². The maximum atomic E-state index is 5.40. The molecule has 11 rings (SSSR count). The van der Waals surface area contributed by atoms with Gasteiger partial charge in [-0.3, -0.25) is 0 Å². The van der Waals surface area contributed by atoms with Crippen LogP contribution in [0.5, 0.6) is 0 Å². The van der Waals surface area contributed by atoms with Crippen molar-refractivity contribution in [1.82, 2.24) is 24.1 Å². The summed E-state index contributed by atoms with van der Waals surface area (Å²) in [5.41, 5.74) is 15.0. The van der Waals surface area contributed by atoms with Gasteiger partial charge in [0.2, 0.25) is 0 Å². The standard InChI is InChI=1S/C51H33N5/c1-3-12-34(13-4-1)35-22-24-44-45-25-23-37(30-51(45)55(50(44)29-35)40-15-5-2-6-16-40)47-28-38(39-31-52-33-53-32-39)27-46(54-47)36-14-11-17-41(26-36)56-48-20-9-7-18-42(48)43-19-8-10-21-49(43)56/h1-33H. The lowest BCUT2D eigenvalue weighted by Gasteiger charge is -2.13. The van der Waals surface area contributed by atoms with Crippen molar-refractivity contribution in [2.75, 3.05) is 0 Å². The zero-order valence-electron chi connectivity index (χ0n) is 30.3. The zero-order valence-corrected chi connectivity index (χ0v) is 30.3. The van der Waals surface area contributed by atoms with E-state index in [2.05, 4.69) is 201 Å². The minimum Gasteiger partial charge on any atom is -0.309 e. The fourth-order valence-electron chi connectivity index (χ4n) is 8.29. The third-order valence-electron chi connectivity index (χ3n) is 10.9. The molecule has 0 spiro atoms. The van der Waals surface area contributed by atoms with Crippen LogP contribution in [0.3, 0.4) is 0 Å². The van der Waals surface area contributed by atoms with Gasteiger partial charge in [0, 0.05) is 62.0 Å². The van der Waals surface area contributed by atoms with Crippen molar-refractivity contribution >= 4 is 43.6 Å². The van der Waals surface area contributed by atoms with Gasteiger partial charge in [-0.15, -0.1) is 0 Å². The largest absolute Gasteiger partial charge is 0.309 e. The number of nitrogens with zero attached hydrogens (tertiary/aromatic N) is 5. The fraction of sp³-hybridized carbons (Fsp3) is 0. The van der Waals surface area contributed by atoms with Gasteiger partial charge >= 0.3 is 0 Å². The van der Waals surface area contributed by atoms with Crippen molar-refractivity contribution in [3.8, 4) is 56.1 Å². The van der Waals surface area contributed by atoms with E-state index in [9.17, 15) is 0 Å². The molecule has 5 heteroatoms. The molecule has 0 aliphatic carbocycles. The van der Waals surface area contributed by atoms with Crippen LogP contribution in [0, 0.1) is 0 Å². The second-order valence-corrected chi connectivity index (χ2v) is 14.2. The van der Waals surface area contributed by atoms with Gasteiger partial charge in [-0.25, -0.2) is 15.0 Å². The van der Waals surface area contributed by atoms with Crippen LogP contribution in [-0.4, -0.2) is 24.1 Å². The molecule has 0 atom stereocenters. The van der Waals surface area contributed by atoms with E-state index in [0.717, 1.165) is 56.0 Å². The van der Waals surface area contributed by atoms with E-state index in [0.29, 0.717) is 0 Å². The molecular weight excluding hydrogens is 683 g/mol. The van der Waals surface area contributed by atoms with E-state index in [-0.39, 0.29) is 0 Å². The van der Waals surface area contributed by atoms with E-state index in [1.807, 2.05) is 12.4 Å². The molecule has 0 saturated heterocycles. The maximum Gasteiger partial charge on any atom is 0.115 e. The van der Waals surface area contributed by atoms with Crippen LogP contribution >= 0.6 is 0 Å². The summed E-state index contributed by atoms with van der Waals surface area (Å²) in [6.45, 7) is 0. The summed E-state index contributed by atoms with van der Waals surface area (Å²) < 4.78 is 4.73. The molecule has 56 heavy (non-hydrogen) atoms. The van der Waals surface area contributed by atoms with Crippen LogP contribution in [0.1, 0.15) is 0 Å². The Morgan fingerprint density at radius 2 is 0.804 bits per heavy atom. The van der Waals surface area contributed by atoms with Gasteiger partial charge in [0.15, 0.2) is 0 Å². The first-order valence-corrected chi connectivity index (χ1v) is 18.8. The molecule has 11 aromatic rings. The number of pyridine rings is 1. The van der Waals surface area contributed by atoms with E-state index >= 15 is 0 Å². The monoisotopic (exact) mass is 715 g/mol. The van der Waals surface area contributed by atoms with E-state index < -0.39 is 0 Å². The Bertz CT molecular complexity index is 3180. The van der Waals surface area contributed by atoms with E-state index in [1.165, 1.54) is 43.7 Å². The summed E-state index contributed by atoms with van der Waals surface area (Å²) >= 11 is 0. The molecule has 0 unspecified atom stereocenters. The highest BCUT2D eigenvalue weighted by molar-refractivity contribution is 6.11. The first-order chi connectivity index (χ1) is 27.8. The van der Waals surface area contributed by atoms with Crippen LogP contribution in [-0.2, 0) is 0 Å². The number of fused-ring (bicyclic) bond motifs is 6.